The second kappa shape index (κ2) is 7.10. The number of rotatable bonds is 6. The molecule has 1 aromatic rings. The fourth-order valence-electron chi connectivity index (χ4n) is 1.87. The Bertz CT molecular complexity index is 412. The van der Waals surface area contributed by atoms with Gasteiger partial charge in [-0.1, -0.05) is 0 Å². The number of hydrogen-bond acceptors (Lipinski definition) is 6. The van der Waals surface area contributed by atoms with Crippen molar-refractivity contribution in [1.82, 2.24) is 0 Å². The second-order valence-corrected chi connectivity index (χ2v) is 4.71. The van der Waals surface area contributed by atoms with E-state index < -0.39 is 24.6 Å². The van der Waals surface area contributed by atoms with Gasteiger partial charge < -0.3 is 29.5 Å². The average molecular weight is 305 g/mol. The van der Waals surface area contributed by atoms with Crippen LogP contribution < -0.4 is 9.47 Å². The molecule has 0 amide bonds. The molecule has 1 saturated heterocycles. The lowest BCUT2D eigenvalue weighted by Gasteiger charge is -2.17. The third-order valence-corrected chi connectivity index (χ3v) is 3.07. The van der Waals surface area contributed by atoms with Crippen LogP contribution in [0.2, 0.25) is 0 Å². The number of hydrogen-bond donors (Lipinski definition) is 3. The number of halogens is 1. The average Bonchev–Trinajstić information content (AvgIpc) is 2.74. The Morgan fingerprint density at radius 1 is 1.10 bits per heavy atom. The van der Waals surface area contributed by atoms with Crippen LogP contribution in [0, 0.1) is 0 Å². The van der Waals surface area contributed by atoms with Crippen molar-refractivity contribution in [3.8, 4) is 11.5 Å². The molecule has 0 bridgehead atoms. The number of aliphatic hydroxyl groups is 3. The zero-order chi connectivity index (χ0) is 14.5. The van der Waals surface area contributed by atoms with Gasteiger partial charge in [-0.15, -0.1) is 11.6 Å². The molecule has 0 spiro atoms. The lowest BCUT2D eigenvalue weighted by atomic mass is 10.1. The number of ether oxygens (including phenoxy) is 3. The highest BCUT2D eigenvalue weighted by atomic mass is 35.5. The minimum Gasteiger partial charge on any atom is -0.492 e. The van der Waals surface area contributed by atoms with E-state index in [1.165, 1.54) is 0 Å². The summed E-state index contributed by atoms with van der Waals surface area (Å²) in [6.07, 6.45) is -4.24. The van der Waals surface area contributed by atoms with Gasteiger partial charge in [0.2, 0.25) is 6.29 Å². The molecule has 0 aromatic heterocycles. The van der Waals surface area contributed by atoms with E-state index in [1.54, 1.807) is 24.3 Å². The van der Waals surface area contributed by atoms with E-state index in [0.717, 1.165) is 0 Å². The van der Waals surface area contributed by atoms with Crippen LogP contribution in [0.1, 0.15) is 0 Å². The standard InChI is InChI=1S/C13H17ClO6/c14-5-6-18-8-1-3-9(4-2-8)19-13-12(17)11(16)10(7-15)20-13/h1-4,10-13,15-17H,5-7H2/t10-,11-,12+,13+/m1/s1. The molecule has 4 atom stereocenters. The van der Waals surface area contributed by atoms with Crippen LogP contribution in [-0.4, -0.2) is 59.0 Å². The van der Waals surface area contributed by atoms with Crippen LogP contribution in [0.5, 0.6) is 11.5 Å². The number of benzene rings is 1. The van der Waals surface area contributed by atoms with Gasteiger partial charge in [-0.3, -0.25) is 0 Å². The monoisotopic (exact) mass is 304 g/mol. The first-order valence-electron chi connectivity index (χ1n) is 6.23. The number of aliphatic hydroxyl groups excluding tert-OH is 3. The van der Waals surface area contributed by atoms with Crippen molar-refractivity contribution < 1.29 is 29.5 Å². The minimum atomic E-state index is -1.21. The Morgan fingerprint density at radius 3 is 2.30 bits per heavy atom. The summed E-state index contributed by atoms with van der Waals surface area (Å²) in [5, 5.41) is 28.3. The summed E-state index contributed by atoms with van der Waals surface area (Å²) < 4.78 is 15.9. The quantitative estimate of drug-likeness (QED) is 0.647. The summed E-state index contributed by atoms with van der Waals surface area (Å²) in [7, 11) is 0. The lowest BCUT2D eigenvalue weighted by molar-refractivity contribution is -0.116. The molecule has 1 aliphatic rings. The van der Waals surface area contributed by atoms with Crippen molar-refractivity contribution in [1.29, 1.82) is 0 Å². The van der Waals surface area contributed by atoms with Crippen molar-refractivity contribution >= 4 is 11.6 Å². The maximum atomic E-state index is 9.74. The molecule has 112 valence electrons. The topological polar surface area (TPSA) is 88.4 Å². The zero-order valence-electron chi connectivity index (χ0n) is 10.7. The van der Waals surface area contributed by atoms with Gasteiger partial charge >= 0.3 is 0 Å². The van der Waals surface area contributed by atoms with Crippen LogP contribution in [0.4, 0.5) is 0 Å². The van der Waals surface area contributed by atoms with E-state index in [-0.39, 0.29) is 6.61 Å². The highest BCUT2D eigenvalue weighted by Crippen LogP contribution is 2.25. The molecule has 1 heterocycles. The van der Waals surface area contributed by atoms with Crippen LogP contribution in [0.3, 0.4) is 0 Å². The molecule has 7 heteroatoms. The molecule has 0 unspecified atom stereocenters. The Balaban J connectivity index is 1.93. The summed E-state index contributed by atoms with van der Waals surface area (Å²) in [6, 6.07) is 6.70. The van der Waals surface area contributed by atoms with E-state index in [1.807, 2.05) is 0 Å². The van der Waals surface area contributed by atoms with Crippen LogP contribution in [-0.2, 0) is 4.74 Å². The van der Waals surface area contributed by atoms with E-state index in [0.29, 0.717) is 24.0 Å². The maximum absolute atomic E-state index is 9.74. The van der Waals surface area contributed by atoms with Crippen LogP contribution in [0.25, 0.3) is 0 Å². The van der Waals surface area contributed by atoms with Gasteiger partial charge in [0.1, 0.15) is 36.4 Å². The molecule has 20 heavy (non-hydrogen) atoms. The molecular formula is C13H17ClO6. The van der Waals surface area contributed by atoms with E-state index in [9.17, 15) is 10.2 Å². The van der Waals surface area contributed by atoms with Crippen LogP contribution in [0.15, 0.2) is 24.3 Å². The SMILES string of the molecule is OC[C@H]1O[C@H](Oc2ccc(OCCCl)cc2)[C@@H](O)[C@@H]1O. The van der Waals surface area contributed by atoms with E-state index in [4.69, 9.17) is 30.9 Å². The predicted octanol–water partition coefficient (Wildman–Crippen LogP) is 0.122. The highest BCUT2D eigenvalue weighted by molar-refractivity contribution is 6.17. The van der Waals surface area contributed by atoms with Crippen LogP contribution >= 0.6 is 11.6 Å². The van der Waals surface area contributed by atoms with Gasteiger partial charge in [-0.05, 0) is 24.3 Å². The van der Waals surface area contributed by atoms with Gasteiger partial charge in [-0.25, -0.2) is 0 Å². The third kappa shape index (κ3) is 3.53. The summed E-state index contributed by atoms with van der Waals surface area (Å²) in [5.41, 5.74) is 0. The largest absolute Gasteiger partial charge is 0.492 e. The zero-order valence-corrected chi connectivity index (χ0v) is 11.4. The first-order chi connectivity index (χ1) is 9.65. The molecule has 0 radical (unpaired) electrons. The Labute approximate surface area is 121 Å². The molecule has 3 N–H and O–H groups in total. The van der Waals surface area contributed by atoms with Crippen molar-refractivity contribution in [3.05, 3.63) is 24.3 Å². The lowest BCUT2D eigenvalue weighted by Crippen LogP contribution is -2.35. The molecule has 0 aliphatic carbocycles. The minimum absolute atomic E-state index is 0.386. The van der Waals surface area contributed by atoms with Gasteiger partial charge in [-0.2, -0.15) is 0 Å². The highest BCUT2D eigenvalue weighted by Gasteiger charge is 2.43. The molecule has 1 fully saturated rings. The van der Waals surface area contributed by atoms with Gasteiger partial charge in [0.15, 0.2) is 0 Å². The Hall–Kier alpha value is -1.05. The first-order valence-corrected chi connectivity index (χ1v) is 6.77. The third-order valence-electron chi connectivity index (χ3n) is 2.92. The van der Waals surface area contributed by atoms with Gasteiger partial charge in [0.25, 0.3) is 0 Å². The van der Waals surface area contributed by atoms with Crippen molar-refractivity contribution in [2.24, 2.45) is 0 Å². The summed E-state index contributed by atoms with van der Waals surface area (Å²) >= 11 is 5.52. The van der Waals surface area contributed by atoms with Crippen molar-refractivity contribution in [3.63, 3.8) is 0 Å². The number of alkyl halides is 1. The molecule has 6 nitrogen and oxygen atoms in total. The fraction of sp³-hybridized carbons (Fsp3) is 0.538. The fourth-order valence-corrected chi connectivity index (χ4v) is 1.94. The normalized spacial score (nSPS) is 29.4. The van der Waals surface area contributed by atoms with E-state index in [2.05, 4.69) is 0 Å². The summed E-state index contributed by atoms with van der Waals surface area (Å²) in [4.78, 5) is 0. The molecule has 1 aromatic carbocycles. The second-order valence-electron chi connectivity index (χ2n) is 4.33. The van der Waals surface area contributed by atoms with Gasteiger partial charge in [0.05, 0.1) is 12.5 Å². The molecular weight excluding hydrogens is 288 g/mol. The Morgan fingerprint density at radius 2 is 1.75 bits per heavy atom. The van der Waals surface area contributed by atoms with Crippen molar-refractivity contribution in [2.45, 2.75) is 24.6 Å². The maximum Gasteiger partial charge on any atom is 0.229 e. The predicted molar refractivity (Wildman–Crippen MR) is 71.0 cm³/mol. The summed E-state index contributed by atoms with van der Waals surface area (Å²) in [5.74, 6) is 1.51. The molecule has 0 saturated carbocycles. The first kappa shape index (κ1) is 15.3. The Kier molecular flexibility index (Phi) is 5.45. The summed E-state index contributed by atoms with van der Waals surface area (Å²) in [6.45, 7) is 0.0277. The van der Waals surface area contributed by atoms with Crippen molar-refractivity contribution in [2.75, 3.05) is 19.1 Å². The molecule has 1 aliphatic heterocycles. The smallest absolute Gasteiger partial charge is 0.229 e. The molecule has 2 rings (SSSR count). The van der Waals surface area contributed by atoms with Gasteiger partial charge in [0, 0.05) is 0 Å². The van der Waals surface area contributed by atoms with E-state index >= 15 is 0 Å².